The topological polar surface area (TPSA) is 125 Å². The number of hydrogen-bond donors (Lipinski definition) is 2. The number of carbonyl (C=O) groups excluding carboxylic acids is 4. The van der Waals surface area contributed by atoms with E-state index in [0.717, 1.165) is 0 Å². The fourth-order valence-corrected chi connectivity index (χ4v) is 8.39. The zero-order chi connectivity index (χ0) is 34.6. The molecule has 3 saturated heterocycles. The van der Waals surface area contributed by atoms with Crippen molar-refractivity contribution in [2.45, 2.75) is 67.3 Å². The van der Waals surface area contributed by atoms with Crippen LogP contribution in [-0.2, 0) is 28.7 Å². The van der Waals surface area contributed by atoms with Crippen LogP contribution >= 0.6 is 27.5 Å². The molecule has 48 heavy (non-hydrogen) atoms. The highest BCUT2D eigenvalue weighted by Gasteiger charge is 2.77. The van der Waals surface area contributed by atoms with Crippen molar-refractivity contribution in [3.05, 3.63) is 90.5 Å². The Balaban J connectivity index is 1.49. The monoisotopic (exact) mass is 741 g/mol. The number of hydrogen-bond acceptors (Lipinski definition) is 7. The van der Waals surface area contributed by atoms with E-state index in [2.05, 4.69) is 34.4 Å². The zero-order valence-corrected chi connectivity index (χ0v) is 29.1. The molecule has 256 valence electrons. The summed E-state index contributed by atoms with van der Waals surface area (Å²) in [6, 6.07) is 14.2. The Kier molecular flexibility index (Phi) is 11.5. The van der Waals surface area contributed by atoms with E-state index in [0.29, 0.717) is 29.1 Å². The van der Waals surface area contributed by atoms with Gasteiger partial charge in [0.15, 0.2) is 0 Å². The number of fused-ring (bicyclic) bond motifs is 1. The minimum atomic E-state index is -1.33. The van der Waals surface area contributed by atoms with Gasteiger partial charge in [0.05, 0.1) is 24.0 Å². The SMILES string of the molecule is C=CCCC(=O)N[C@@H](C)[C@H](OC(=O)[C@H]1[C@@H]2O[C@@]3(CC2Br)[C@@H]1C(=O)N(CCCO)[C@@H]3C(=O)N(CC=C)c1ccc(Cl)cc1)c1ccccc1. The average molecular weight is 743 g/mol. The summed E-state index contributed by atoms with van der Waals surface area (Å²) in [5, 5.41) is 13.1. The summed E-state index contributed by atoms with van der Waals surface area (Å²) in [4.78, 5) is 58.6. The van der Waals surface area contributed by atoms with Gasteiger partial charge in [-0.3, -0.25) is 19.2 Å². The maximum absolute atomic E-state index is 14.6. The molecule has 2 aromatic carbocycles. The molecule has 2 bridgehead atoms. The number of aliphatic hydroxyl groups excluding tert-OH is 1. The molecule has 3 aliphatic rings. The third kappa shape index (κ3) is 6.83. The number of anilines is 1. The van der Waals surface area contributed by atoms with Crippen molar-refractivity contribution in [3.63, 3.8) is 0 Å². The lowest BCUT2D eigenvalue weighted by molar-refractivity contribution is -0.162. The van der Waals surface area contributed by atoms with E-state index in [1.165, 1.54) is 9.80 Å². The van der Waals surface area contributed by atoms with Gasteiger partial charge in [-0.2, -0.15) is 0 Å². The number of nitrogens with one attached hydrogen (secondary N) is 1. The maximum Gasteiger partial charge on any atom is 0.313 e. The summed E-state index contributed by atoms with van der Waals surface area (Å²) in [6.07, 6.45) is 2.94. The van der Waals surface area contributed by atoms with Gasteiger partial charge >= 0.3 is 5.97 Å². The molecular weight excluding hydrogens is 702 g/mol. The predicted octanol–water partition coefficient (Wildman–Crippen LogP) is 4.74. The molecule has 0 saturated carbocycles. The molecule has 3 amide bonds. The largest absolute Gasteiger partial charge is 0.455 e. The molecule has 2 N–H and O–H groups in total. The van der Waals surface area contributed by atoms with Crippen LogP contribution in [0.1, 0.15) is 44.3 Å². The van der Waals surface area contributed by atoms with Crippen LogP contribution < -0.4 is 10.2 Å². The van der Waals surface area contributed by atoms with Crippen molar-refractivity contribution in [2.24, 2.45) is 11.8 Å². The Hall–Kier alpha value is -3.51. The van der Waals surface area contributed by atoms with Crippen LogP contribution in [0, 0.1) is 11.8 Å². The number of esters is 1. The van der Waals surface area contributed by atoms with Crippen LogP contribution in [0.5, 0.6) is 0 Å². The highest BCUT2D eigenvalue weighted by molar-refractivity contribution is 9.09. The Morgan fingerprint density at radius 1 is 1.19 bits per heavy atom. The second-order valence-electron chi connectivity index (χ2n) is 12.4. The molecule has 8 atom stereocenters. The van der Waals surface area contributed by atoms with Crippen molar-refractivity contribution in [3.8, 4) is 0 Å². The highest BCUT2D eigenvalue weighted by atomic mass is 79.9. The van der Waals surface area contributed by atoms with Crippen molar-refractivity contribution in [2.75, 3.05) is 24.6 Å². The van der Waals surface area contributed by atoms with Gasteiger partial charge in [-0.05, 0) is 56.0 Å². The number of carbonyl (C=O) groups is 4. The van der Waals surface area contributed by atoms with Crippen LogP contribution in [0.15, 0.2) is 79.9 Å². The molecule has 3 fully saturated rings. The van der Waals surface area contributed by atoms with Gasteiger partial charge in [-0.1, -0.05) is 70.0 Å². The van der Waals surface area contributed by atoms with Crippen LogP contribution in [0.2, 0.25) is 5.02 Å². The normalized spacial score (nSPS) is 26.8. The van der Waals surface area contributed by atoms with Gasteiger partial charge in [0.25, 0.3) is 5.91 Å². The Labute approximate surface area is 294 Å². The minimum absolute atomic E-state index is 0.0930. The van der Waals surface area contributed by atoms with Crippen LogP contribution in [0.4, 0.5) is 5.69 Å². The predicted molar refractivity (Wildman–Crippen MR) is 185 cm³/mol. The number of allylic oxidation sites excluding steroid dienone is 1. The van der Waals surface area contributed by atoms with Crippen molar-refractivity contribution < 1.29 is 33.8 Å². The summed E-state index contributed by atoms with van der Waals surface area (Å²) in [6.45, 7) is 9.32. The van der Waals surface area contributed by atoms with Gasteiger partial charge in [0.2, 0.25) is 11.8 Å². The fraction of sp³-hybridized carbons (Fsp3) is 0.444. The van der Waals surface area contributed by atoms with E-state index in [1.54, 1.807) is 43.3 Å². The lowest BCUT2D eigenvalue weighted by Crippen LogP contribution is -2.57. The molecule has 3 aliphatic heterocycles. The van der Waals surface area contributed by atoms with Crippen LogP contribution in [-0.4, -0.2) is 82.0 Å². The molecular formula is C36H41BrClN3O7. The number of aliphatic hydroxyl groups is 1. The molecule has 2 aromatic rings. The number of benzene rings is 2. The molecule has 0 radical (unpaired) electrons. The summed E-state index contributed by atoms with van der Waals surface area (Å²) in [5.41, 5.74) is -0.0903. The second kappa shape index (κ2) is 15.4. The first kappa shape index (κ1) is 35.8. The van der Waals surface area contributed by atoms with Gasteiger partial charge in [-0.25, -0.2) is 0 Å². The molecule has 3 heterocycles. The molecule has 12 heteroatoms. The van der Waals surface area contributed by atoms with E-state index >= 15 is 0 Å². The lowest BCUT2D eigenvalue weighted by atomic mass is 9.70. The summed E-state index contributed by atoms with van der Waals surface area (Å²) >= 11 is 9.83. The molecule has 1 unspecified atom stereocenters. The minimum Gasteiger partial charge on any atom is -0.455 e. The second-order valence-corrected chi connectivity index (χ2v) is 14.1. The molecule has 1 spiro atoms. The summed E-state index contributed by atoms with van der Waals surface area (Å²) in [7, 11) is 0. The smallest absolute Gasteiger partial charge is 0.313 e. The highest BCUT2D eigenvalue weighted by Crippen LogP contribution is 2.60. The third-order valence-electron chi connectivity index (χ3n) is 9.36. The number of nitrogens with zero attached hydrogens (tertiary/aromatic N) is 2. The number of ether oxygens (including phenoxy) is 2. The number of halogens is 2. The molecule has 5 rings (SSSR count). The van der Waals surface area contributed by atoms with Crippen molar-refractivity contribution in [1.82, 2.24) is 10.2 Å². The summed E-state index contributed by atoms with van der Waals surface area (Å²) < 4.78 is 12.9. The van der Waals surface area contributed by atoms with Crippen molar-refractivity contribution >= 4 is 56.9 Å². The first-order chi connectivity index (χ1) is 23.1. The number of amides is 3. The standard InChI is InChI=1S/C36H41BrClN3O7/c1-4-6-13-27(43)39-22(3)30(23-11-8-7-9-12-23)47-35(46)28-29-33(44)41(19-10-20-42)32(36(29)21-26(37)31(28)48-36)34(45)40(18-5-2)25-16-14-24(38)15-17-25/h4-5,7-9,11-12,14-17,22,26,28-32,42H,1-2,6,10,13,18-21H2,3H3,(H,39,43)/t22-,26?,28+,29-,30-,31+,32+,36-/m0/s1. The van der Waals surface area contributed by atoms with Gasteiger partial charge in [0, 0.05) is 41.7 Å². The molecule has 10 nitrogen and oxygen atoms in total. The molecule has 0 aliphatic carbocycles. The van der Waals surface area contributed by atoms with E-state index in [4.69, 9.17) is 21.1 Å². The third-order valence-corrected chi connectivity index (χ3v) is 10.5. The Morgan fingerprint density at radius 2 is 1.90 bits per heavy atom. The van der Waals surface area contributed by atoms with Gasteiger partial charge < -0.3 is 29.7 Å². The first-order valence-corrected chi connectivity index (χ1v) is 17.4. The fourth-order valence-electron chi connectivity index (χ4n) is 7.32. The van der Waals surface area contributed by atoms with E-state index < -0.39 is 59.5 Å². The lowest BCUT2D eigenvalue weighted by Gasteiger charge is -2.37. The van der Waals surface area contributed by atoms with E-state index in [9.17, 15) is 24.3 Å². The van der Waals surface area contributed by atoms with Crippen LogP contribution in [0.25, 0.3) is 0 Å². The van der Waals surface area contributed by atoms with Crippen molar-refractivity contribution in [1.29, 1.82) is 0 Å². The number of likely N-dealkylation sites (tertiary alicyclic amines) is 1. The first-order valence-electron chi connectivity index (χ1n) is 16.1. The number of rotatable bonds is 15. The summed E-state index contributed by atoms with van der Waals surface area (Å²) in [5.74, 6) is -3.68. The zero-order valence-electron chi connectivity index (χ0n) is 26.8. The van der Waals surface area contributed by atoms with Gasteiger partial charge in [0.1, 0.15) is 17.7 Å². The number of alkyl halides is 1. The van der Waals surface area contributed by atoms with E-state index in [1.807, 2.05) is 30.3 Å². The molecule has 0 aromatic heterocycles. The Morgan fingerprint density at radius 3 is 2.54 bits per heavy atom. The maximum atomic E-state index is 14.6. The van der Waals surface area contributed by atoms with E-state index in [-0.39, 0.29) is 43.3 Å². The Bertz CT molecular complexity index is 1530. The van der Waals surface area contributed by atoms with Gasteiger partial charge in [-0.15, -0.1) is 13.2 Å². The average Bonchev–Trinajstić information content (AvgIpc) is 3.67. The quantitative estimate of drug-likeness (QED) is 0.154. The van der Waals surface area contributed by atoms with Crippen LogP contribution in [0.3, 0.4) is 0 Å².